The summed E-state index contributed by atoms with van der Waals surface area (Å²) in [5, 5.41) is 31.6. The number of rotatable bonds is 6. The molecule has 1 spiro atoms. The molecule has 0 saturated carbocycles. The molecule has 1 aromatic carbocycles. The fourth-order valence-electron chi connectivity index (χ4n) is 5.92. The molecule has 2 amide bonds. The quantitative estimate of drug-likeness (QED) is 0.165. The largest absolute Gasteiger partial charge is 0.492 e. The molecule has 4 aliphatic rings. The lowest BCUT2D eigenvalue weighted by Crippen LogP contribution is -2.90. The van der Waals surface area contributed by atoms with Crippen molar-refractivity contribution < 1.29 is 34.3 Å². The SMILES string of the molecule is COCC(=O)NC[C@@H]1N=C(N)N2CC(NC(=O)c3cccc4c3OCCC4(C)C)C(O)(O)C23NC(N)=[NH+][C@@H]13. The predicted octanol–water partition coefficient (Wildman–Crippen LogP) is -4.64. The fraction of sp³-hybridized carbons (Fsp3) is 0.583. The van der Waals surface area contributed by atoms with E-state index < -0.39 is 35.5 Å². The summed E-state index contributed by atoms with van der Waals surface area (Å²) < 4.78 is 10.7. The Bertz CT molecular complexity index is 1220. The number of benzene rings is 1. The van der Waals surface area contributed by atoms with Crippen LogP contribution in [-0.4, -0.2) is 102 Å². The number of hydrogen-bond donors (Lipinski definition) is 8. The number of ether oxygens (including phenoxy) is 2. The molecule has 1 fully saturated rings. The maximum atomic E-state index is 13.5. The second-order valence-corrected chi connectivity index (χ2v) is 10.7. The lowest BCUT2D eigenvalue weighted by molar-refractivity contribution is -0.521. The van der Waals surface area contributed by atoms with Crippen molar-refractivity contribution in [2.75, 3.05) is 33.4 Å². The minimum atomic E-state index is -2.56. The van der Waals surface area contributed by atoms with Crippen LogP contribution in [0.5, 0.6) is 5.75 Å². The van der Waals surface area contributed by atoms with Gasteiger partial charge in [-0.05, 0) is 17.9 Å². The monoisotopic (exact) mass is 531 g/mol. The third-order valence-electron chi connectivity index (χ3n) is 7.93. The Morgan fingerprint density at radius 1 is 1.34 bits per heavy atom. The Morgan fingerprint density at radius 2 is 2.11 bits per heavy atom. The van der Waals surface area contributed by atoms with Gasteiger partial charge in [0.05, 0.1) is 18.7 Å². The number of nitrogens with zero attached hydrogens (tertiary/aromatic N) is 2. The molecule has 2 unspecified atom stereocenters. The van der Waals surface area contributed by atoms with E-state index in [1.807, 2.05) is 6.07 Å². The van der Waals surface area contributed by atoms with Gasteiger partial charge in [0, 0.05) is 19.2 Å². The van der Waals surface area contributed by atoms with Gasteiger partial charge in [-0.15, -0.1) is 0 Å². The number of amides is 2. The number of hydrogen-bond acceptors (Lipinski definition) is 11. The van der Waals surface area contributed by atoms with Crippen LogP contribution in [0.3, 0.4) is 0 Å². The first-order chi connectivity index (χ1) is 17.9. The molecule has 5 rings (SSSR count). The molecule has 38 heavy (non-hydrogen) atoms. The van der Waals surface area contributed by atoms with Gasteiger partial charge in [-0.3, -0.25) is 25.2 Å². The van der Waals surface area contributed by atoms with Gasteiger partial charge >= 0.3 is 5.96 Å². The first-order valence-corrected chi connectivity index (χ1v) is 12.5. The smallest absolute Gasteiger partial charge is 0.343 e. The molecule has 1 aromatic rings. The summed E-state index contributed by atoms with van der Waals surface area (Å²) in [4.78, 5) is 34.4. The number of carbonyl (C=O) groups is 2. The highest BCUT2D eigenvalue weighted by atomic mass is 16.5. The van der Waals surface area contributed by atoms with Crippen LogP contribution in [0.2, 0.25) is 0 Å². The van der Waals surface area contributed by atoms with Gasteiger partial charge in [0.2, 0.25) is 11.7 Å². The number of nitrogens with one attached hydrogen (secondary N) is 4. The van der Waals surface area contributed by atoms with E-state index in [1.54, 1.807) is 12.1 Å². The number of carbonyl (C=O) groups excluding carboxylic acids is 2. The molecule has 1 saturated heterocycles. The van der Waals surface area contributed by atoms with Gasteiger partial charge in [-0.2, -0.15) is 0 Å². The number of aliphatic imine (C=N–C) groups is 1. The summed E-state index contributed by atoms with van der Waals surface area (Å²) in [5.74, 6) is -2.89. The molecular formula is C24H35N8O6+. The van der Waals surface area contributed by atoms with E-state index in [0.29, 0.717) is 17.9 Å². The first kappa shape index (κ1) is 26.0. The van der Waals surface area contributed by atoms with E-state index >= 15 is 0 Å². The Hall–Kier alpha value is -3.62. The van der Waals surface area contributed by atoms with Gasteiger partial charge in [-0.25, -0.2) is 10.3 Å². The standard InChI is InChI=1S/C24H34N8O6/c1-22(2)7-8-38-17-12(5-4-6-13(17)22)19(34)29-15-10-32-21(26)28-14(9-27-16(33)11-37-3)18-23(32,24(15,35)36)31-20(25)30-18/h4-6,14-15,18,35-36H,7-11H2,1-3H3,(H2,26,28)(H,27,33)(H,29,34)(H3,25,30,31)/p+1/t14-,15?,18-,23?/m0/s1. The maximum Gasteiger partial charge on any atom is 0.343 e. The molecule has 4 atom stereocenters. The Morgan fingerprint density at radius 3 is 2.84 bits per heavy atom. The van der Waals surface area contributed by atoms with Crippen molar-refractivity contribution in [3.8, 4) is 5.75 Å². The van der Waals surface area contributed by atoms with Crippen molar-refractivity contribution in [2.24, 2.45) is 16.5 Å². The maximum absolute atomic E-state index is 13.5. The molecule has 0 aromatic heterocycles. The second-order valence-electron chi connectivity index (χ2n) is 10.7. The fourth-order valence-corrected chi connectivity index (χ4v) is 5.92. The zero-order valence-electron chi connectivity index (χ0n) is 21.6. The van der Waals surface area contributed by atoms with E-state index in [2.05, 4.69) is 39.8 Å². The van der Waals surface area contributed by atoms with Crippen LogP contribution in [0, 0.1) is 0 Å². The van der Waals surface area contributed by atoms with E-state index in [1.165, 1.54) is 12.0 Å². The summed E-state index contributed by atoms with van der Waals surface area (Å²) in [6.45, 7) is 4.46. The normalized spacial score (nSPS) is 30.0. The van der Waals surface area contributed by atoms with E-state index in [9.17, 15) is 19.8 Å². The van der Waals surface area contributed by atoms with Crippen LogP contribution in [0.1, 0.15) is 36.2 Å². The van der Waals surface area contributed by atoms with Crippen LogP contribution in [0.15, 0.2) is 23.2 Å². The average molecular weight is 532 g/mol. The number of nitrogens with two attached hydrogens (primary N) is 2. The lowest BCUT2D eigenvalue weighted by atomic mass is 9.79. The summed E-state index contributed by atoms with van der Waals surface area (Å²) in [6.07, 6.45) is 0.811. The number of fused-ring (bicyclic) bond motifs is 1. The number of guanidine groups is 2. The highest BCUT2D eigenvalue weighted by Crippen LogP contribution is 2.42. The van der Waals surface area contributed by atoms with Crippen molar-refractivity contribution in [2.45, 2.75) is 55.3 Å². The highest BCUT2D eigenvalue weighted by Gasteiger charge is 2.76. The van der Waals surface area contributed by atoms with E-state index in [4.69, 9.17) is 20.9 Å². The second kappa shape index (κ2) is 8.99. The molecular weight excluding hydrogens is 496 g/mol. The molecule has 206 valence electrons. The number of methoxy groups -OCH3 is 1. The van der Waals surface area contributed by atoms with Crippen LogP contribution in [0.4, 0.5) is 0 Å². The lowest BCUT2D eigenvalue weighted by Gasteiger charge is -2.46. The summed E-state index contributed by atoms with van der Waals surface area (Å²) in [5.41, 5.74) is 11.7. The van der Waals surface area contributed by atoms with Crippen molar-refractivity contribution in [1.29, 1.82) is 0 Å². The molecule has 10 N–H and O–H groups in total. The predicted molar refractivity (Wildman–Crippen MR) is 135 cm³/mol. The Labute approximate surface area is 219 Å². The van der Waals surface area contributed by atoms with Gasteiger partial charge < -0.3 is 36.1 Å². The van der Waals surface area contributed by atoms with Gasteiger partial charge in [0.1, 0.15) is 24.4 Å². The number of para-hydroxylation sites is 1. The molecule has 4 aliphatic heterocycles. The van der Waals surface area contributed by atoms with Gasteiger partial charge in [0.15, 0.2) is 12.0 Å². The third-order valence-corrected chi connectivity index (χ3v) is 7.93. The minimum Gasteiger partial charge on any atom is -0.492 e. The third kappa shape index (κ3) is 3.82. The zero-order chi connectivity index (χ0) is 27.5. The first-order valence-electron chi connectivity index (χ1n) is 12.5. The highest BCUT2D eigenvalue weighted by molar-refractivity contribution is 5.98. The van der Waals surface area contributed by atoms with Crippen LogP contribution < -0.4 is 37.1 Å². The Kier molecular flexibility index (Phi) is 6.16. The van der Waals surface area contributed by atoms with Crippen LogP contribution in [0.25, 0.3) is 0 Å². The van der Waals surface area contributed by atoms with Crippen LogP contribution >= 0.6 is 0 Å². The topological polar surface area (TPSA) is 211 Å². The van der Waals surface area contributed by atoms with Crippen molar-refractivity contribution >= 4 is 23.7 Å². The van der Waals surface area contributed by atoms with Crippen LogP contribution in [-0.2, 0) is 14.9 Å². The number of aliphatic hydroxyl groups is 2. The van der Waals surface area contributed by atoms with E-state index in [-0.39, 0.29) is 42.9 Å². The molecule has 0 radical (unpaired) electrons. The van der Waals surface area contributed by atoms with Crippen molar-refractivity contribution in [3.05, 3.63) is 29.3 Å². The molecule has 14 heteroatoms. The Balaban J connectivity index is 1.43. The molecule has 14 nitrogen and oxygen atoms in total. The van der Waals surface area contributed by atoms with Gasteiger partial charge in [0.25, 0.3) is 11.6 Å². The average Bonchev–Trinajstić information content (AvgIpc) is 3.32. The zero-order valence-corrected chi connectivity index (χ0v) is 21.6. The summed E-state index contributed by atoms with van der Waals surface area (Å²) in [6, 6.07) is 2.63. The van der Waals surface area contributed by atoms with Gasteiger partial charge in [-0.1, -0.05) is 26.0 Å². The molecule has 4 heterocycles. The van der Waals surface area contributed by atoms with E-state index in [0.717, 1.165) is 12.0 Å². The van der Waals surface area contributed by atoms with Crippen molar-refractivity contribution in [3.63, 3.8) is 0 Å². The summed E-state index contributed by atoms with van der Waals surface area (Å²) in [7, 11) is 1.40. The molecule has 0 aliphatic carbocycles. The minimum absolute atomic E-state index is 0.00244. The molecule has 0 bridgehead atoms. The van der Waals surface area contributed by atoms with Crippen molar-refractivity contribution in [1.82, 2.24) is 20.9 Å². The summed E-state index contributed by atoms with van der Waals surface area (Å²) >= 11 is 0.